The SMILES string of the molecule is C[C@@H]1SCC(=O)N(CC(=O)Nc2ccc(F)cc2)C1=O. The van der Waals surface area contributed by atoms with Crippen LogP contribution >= 0.6 is 11.8 Å². The molecular weight excluding hydrogens is 283 g/mol. The molecule has 1 N–H and O–H groups in total. The van der Waals surface area contributed by atoms with E-state index in [0.717, 1.165) is 4.90 Å². The van der Waals surface area contributed by atoms with Gasteiger partial charge in [0.05, 0.1) is 11.0 Å². The number of carbonyl (C=O) groups excluding carboxylic acids is 3. The van der Waals surface area contributed by atoms with Crippen molar-refractivity contribution >= 4 is 35.2 Å². The predicted octanol–water partition coefficient (Wildman–Crippen LogP) is 1.25. The monoisotopic (exact) mass is 296 g/mol. The molecule has 5 nitrogen and oxygen atoms in total. The third-order valence-electron chi connectivity index (χ3n) is 2.80. The maximum atomic E-state index is 12.7. The van der Waals surface area contributed by atoms with Gasteiger partial charge in [-0.25, -0.2) is 4.39 Å². The number of anilines is 1. The lowest BCUT2D eigenvalue weighted by molar-refractivity contribution is -0.145. The Bertz CT molecular complexity index is 547. The largest absolute Gasteiger partial charge is 0.325 e. The van der Waals surface area contributed by atoms with Crippen molar-refractivity contribution in [3.63, 3.8) is 0 Å². The van der Waals surface area contributed by atoms with Crippen LogP contribution in [0.2, 0.25) is 0 Å². The van der Waals surface area contributed by atoms with Crippen LogP contribution in [0.25, 0.3) is 0 Å². The van der Waals surface area contributed by atoms with Gasteiger partial charge in [0.1, 0.15) is 12.4 Å². The molecule has 1 aromatic rings. The number of thioether (sulfide) groups is 1. The van der Waals surface area contributed by atoms with Gasteiger partial charge in [-0.1, -0.05) is 0 Å². The minimum absolute atomic E-state index is 0.191. The predicted molar refractivity (Wildman–Crippen MR) is 73.7 cm³/mol. The number of hydrogen-bond acceptors (Lipinski definition) is 4. The molecule has 0 aromatic heterocycles. The van der Waals surface area contributed by atoms with E-state index in [1.54, 1.807) is 6.92 Å². The molecule has 0 spiro atoms. The molecule has 1 aliphatic heterocycles. The number of hydrogen-bond donors (Lipinski definition) is 1. The highest BCUT2D eigenvalue weighted by Gasteiger charge is 2.33. The van der Waals surface area contributed by atoms with Gasteiger partial charge in [-0.3, -0.25) is 19.3 Å². The number of rotatable bonds is 3. The Morgan fingerprint density at radius 2 is 2.05 bits per heavy atom. The molecule has 106 valence electrons. The topological polar surface area (TPSA) is 66.5 Å². The molecule has 1 heterocycles. The second-order valence-electron chi connectivity index (χ2n) is 4.33. The van der Waals surface area contributed by atoms with Crippen LogP contribution in [-0.2, 0) is 14.4 Å². The van der Waals surface area contributed by atoms with Gasteiger partial charge >= 0.3 is 0 Å². The van der Waals surface area contributed by atoms with E-state index < -0.39 is 11.7 Å². The van der Waals surface area contributed by atoms with Crippen LogP contribution in [0.15, 0.2) is 24.3 Å². The van der Waals surface area contributed by atoms with Gasteiger partial charge in [-0.05, 0) is 31.2 Å². The molecule has 0 radical (unpaired) electrons. The minimum Gasteiger partial charge on any atom is -0.325 e. The Kier molecular flexibility index (Phi) is 4.39. The Hall–Kier alpha value is -1.89. The van der Waals surface area contributed by atoms with Crippen LogP contribution in [-0.4, -0.2) is 40.2 Å². The summed E-state index contributed by atoms with van der Waals surface area (Å²) in [5, 5.41) is 2.19. The fourth-order valence-electron chi connectivity index (χ4n) is 1.73. The van der Waals surface area contributed by atoms with E-state index in [9.17, 15) is 18.8 Å². The highest BCUT2D eigenvalue weighted by Crippen LogP contribution is 2.20. The van der Waals surface area contributed by atoms with E-state index in [-0.39, 0.29) is 29.4 Å². The van der Waals surface area contributed by atoms with Crippen molar-refractivity contribution < 1.29 is 18.8 Å². The minimum atomic E-state index is -0.489. The van der Waals surface area contributed by atoms with Crippen molar-refractivity contribution in [2.75, 3.05) is 17.6 Å². The van der Waals surface area contributed by atoms with E-state index in [1.807, 2.05) is 0 Å². The van der Waals surface area contributed by atoms with Crippen molar-refractivity contribution in [2.24, 2.45) is 0 Å². The zero-order valence-electron chi connectivity index (χ0n) is 10.8. The molecule has 1 aliphatic rings. The smallest absolute Gasteiger partial charge is 0.244 e. The second kappa shape index (κ2) is 6.04. The fraction of sp³-hybridized carbons (Fsp3) is 0.308. The molecule has 1 atom stereocenters. The standard InChI is InChI=1S/C13H13FN2O3S/c1-8-13(19)16(12(18)7-20-8)6-11(17)15-10-4-2-9(14)3-5-10/h2-5,8H,6-7H2,1H3,(H,15,17)/t8-/m0/s1. The molecule has 1 aromatic carbocycles. The molecule has 0 bridgehead atoms. The van der Waals surface area contributed by atoms with E-state index >= 15 is 0 Å². The number of benzene rings is 1. The summed E-state index contributed by atoms with van der Waals surface area (Å²) in [5.41, 5.74) is 0.413. The molecule has 0 saturated carbocycles. The summed E-state index contributed by atoms with van der Waals surface area (Å²) in [6.07, 6.45) is 0. The molecule has 0 unspecified atom stereocenters. The summed E-state index contributed by atoms with van der Waals surface area (Å²) < 4.78 is 12.7. The molecule has 1 fully saturated rings. The number of carbonyl (C=O) groups is 3. The Labute approximate surface area is 119 Å². The van der Waals surface area contributed by atoms with Gasteiger partial charge in [0.15, 0.2) is 0 Å². The first-order valence-corrected chi connectivity index (χ1v) is 7.03. The summed E-state index contributed by atoms with van der Waals surface area (Å²) in [4.78, 5) is 36.2. The molecule has 7 heteroatoms. The van der Waals surface area contributed by atoms with Gasteiger partial charge < -0.3 is 5.32 Å². The summed E-state index contributed by atoms with van der Waals surface area (Å²) in [5.74, 6) is -1.43. The summed E-state index contributed by atoms with van der Waals surface area (Å²) in [6.45, 7) is 1.38. The lowest BCUT2D eigenvalue weighted by Crippen LogP contribution is -2.49. The number of nitrogens with one attached hydrogen (secondary N) is 1. The van der Waals surface area contributed by atoms with Gasteiger partial charge in [-0.15, -0.1) is 11.8 Å². The molecule has 3 amide bonds. The van der Waals surface area contributed by atoms with Crippen molar-refractivity contribution in [2.45, 2.75) is 12.2 Å². The normalized spacial score (nSPS) is 19.1. The summed E-state index contributed by atoms with van der Waals surface area (Å²) >= 11 is 1.26. The third-order valence-corrected chi connectivity index (χ3v) is 3.92. The Morgan fingerprint density at radius 1 is 1.40 bits per heavy atom. The van der Waals surface area contributed by atoms with Crippen molar-refractivity contribution in [3.05, 3.63) is 30.1 Å². The highest BCUT2D eigenvalue weighted by molar-refractivity contribution is 8.01. The number of halogens is 1. The number of imide groups is 1. The second-order valence-corrected chi connectivity index (χ2v) is 5.66. The first-order valence-electron chi connectivity index (χ1n) is 5.98. The zero-order chi connectivity index (χ0) is 14.7. The molecule has 0 aliphatic carbocycles. The third kappa shape index (κ3) is 3.36. The van der Waals surface area contributed by atoms with Crippen molar-refractivity contribution in [3.8, 4) is 0 Å². The van der Waals surface area contributed by atoms with Gasteiger partial charge in [-0.2, -0.15) is 0 Å². The molecule has 2 rings (SSSR count). The molecular formula is C13H13FN2O3S. The summed E-state index contributed by atoms with van der Waals surface area (Å²) in [7, 11) is 0. The highest BCUT2D eigenvalue weighted by atomic mass is 32.2. The Morgan fingerprint density at radius 3 is 2.70 bits per heavy atom. The van der Waals surface area contributed by atoms with Gasteiger partial charge in [0.2, 0.25) is 17.7 Å². The van der Waals surface area contributed by atoms with Crippen LogP contribution < -0.4 is 5.32 Å². The van der Waals surface area contributed by atoms with E-state index in [4.69, 9.17) is 0 Å². The maximum absolute atomic E-state index is 12.7. The van der Waals surface area contributed by atoms with Gasteiger partial charge in [0, 0.05) is 5.69 Å². The van der Waals surface area contributed by atoms with Crippen LogP contribution in [0.1, 0.15) is 6.92 Å². The van der Waals surface area contributed by atoms with Gasteiger partial charge in [0.25, 0.3) is 0 Å². The number of nitrogens with zero attached hydrogens (tertiary/aromatic N) is 1. The molecule has 1 saturated heterocycles. The zero-order valence-corrected chi connectivity index (χ0v) is 11.6. The maximum Gasteiger partial charge on any atom is 0.244 e. The average Bonchev–Trinajstić information content (AvgIpc) is 2.42. The van der Waals surface area contributed by atoms with E-state index in [0.29, 0.717) is 5.69 Å². The fourth-order valence-corrected chi connectivity index (χ4v) is 2.55. The average molecular weight is 296 g/mol. The van der Waals surface area contributed by atoms with Crippen molar-refractivity contribution in [1.29, 1.82) is 0 Å². The summed E-state index contributed by atoms with van der Waals surface area (Å²) in [6, 6.07) is 5.24. The quantitative estimate of drug-likeness (QED) is 0.853. The lowest BCUT2D eigenvalue weighted by atomic mass is 10.3. The van der Waals surface area contributed by atoms with Crippen LogP contribution in [0, 0.1) is 5.82 Å². The number of amides is 3. The van der Waals surface area contributed by atoms with Crippen LogP contribution in [0.3, 0.4) is 0 Å². The van der Waals surface area contributed by atoms with E-state index in [2.05, 4.69) is 5.32 Å². The lowest BCUT2D eigenvalue weighted by Gasteiger charge is -2.27. The first-order chi connectivity index (χ1) is 9.47. The van der Waals surface area contributed by atoms with E-state index in [1.165, 1.54) is 36.0 Å². The van der Waals surface area contributed by atoms with Crippen LogP contribution in [0.5, 0.6) is 0 Å². The van der Waals surface area contributed by atoms with Crippen LogP contribution in [0.4, 0.5) is 10.1 Å². The Balaban J connectivity index is 1.98. The first kappa shape index (κ1) is 14.5. The van der Waals surface area contributed by atoms with Crippen molar-refractivity contribution in [1.82, 2.24) is 4.90 Å². The molecule has 20 heavy (non-hydrogen) atoms.